The number of hydrogen-bond acceptors (Lipinski definition) is 3. The van der Waals surface area contributed by atoms with Crippen LogP contribution < -0.4 is 11.1 Å². The Morgan fingerprint density at radius 1 is 1.47 bits per heavy atom. The second-order valence-electron chi connectivity index (χ2n) is 6.25. The van der Waals surface area contributed by atoms with Gasteiger partial charge in [-0.2, -0.15) is 0 Å². The monoisotopic (exact) mass is 270 g/mol. The molecular formula is C14H26N2O3. The van der Waals surface area contributed by atoms with E-state index in [0.29, 0.717) is 18.8 Å². The molecular weight excluding hydrogens is 244 g/mol. The molecule has 0 saturated heterocycles. The quantitative estimate of drug-likeness (QED) is 0.706. The zero-order chi connectivity index (χ0) is 14.6. The van der Waals surface area contributed by atoms with Gasteiger partial charge in [0.1, 0.15) is 5.54 Å². The number of nitrogens with one attached hydrogen (secondary N) is 1. The van der Waals surface area contributed by atoms with Crippen molar-refractivity contribution in [1.29, 1.82) is 0 Å². The van der Waals surface area contributed by atoms with Crippen molar-refractivity contribution in [2.45, 2.75) is 64.5 Å². The summed E-state index contributed by atoms with van der Waals surface area (Å²) in [4.78, 5) is 23.5. The van der Waals surface area contributed by atoms with Crippen molar-refractivity contribution in [3.8, 4) is 0 Å². The first-order valence-electron chi connectivity index (χ1n) is 7.07. The summed E-state index contributed by atoms with van der Waals surface area (Å²) < 4.78 is 0. The standard InChI is InChI=1S/C14H26N2O3/c1-9(2)11(15)7-12(17)16-14(13(18)19)6-4-5-10(3)8-14/h9-11H,4-8,15H2,1-3H3,(H,16,17)(H,18,19). The van der Waals surface area contributed by atoms with Crippen molar-refractivity contribution >= 4 is 11.9 Å². The third kappa shape index (κ3) is 4.20. The fourth-order valence-corrected chi connectivity index (χ4v) is 2.68. The van der Waals surface area contributed by atoms with Gasteiger partial charge in [-0.25, -0.2) is 4.79 Å². The summed E-state index contributed by atoms with van der Waals surface area (Å²) in [6, 6.07) is -0.230. The van der Waals surface area contributed by atoms with Crippen LogP contribution in [-0.2, 0) is 9.59 Å². The van der Waals surface area contributed by atoms with Crippen LogP contribution in [0.15, 0.2) is 0 Å². The zero-order valence-electron chi connectivity index (χ0n) is 12.1. The molecule has 0 aliphatic heterocycles. The maximum absolute atomic E-state index is 12.0. The molecule has 19 heavy (non-hydrogen) atoms. The van der Waals surface area contributed by atoms with Crippen LogP contribution in [-0.4, -0.2) is 28.6 Å². The van der Waals surface area contributed by atoms with Gasteiger partial charge in [0, 0.05) is 12.5 Å². The zero-order valence-corrected chi connectivity index (χ0v) is 12.1. The van der Waals surface area contributed by atoms with Crippen molar-refractivity contribution in [3.05, 3.63) is 0 Å². The minimum Gasteiger partial charge on any atom is -0.480 e. The molecule has 0 aromatic carbocycles. The van der Waals surface area contributed by atoms with Gasteiger partial charge in [0.15, 0.2) is 0 Å². The number of amides is 1. The van der Waals surface area contributed by atoms with Crippen LogP contribution in [0.1, 0.15) is 52.9 Å². The molecule has 0 radical (unpaired) electrons. The third-order valence-electron chi connectivity index (χ3n) is 4.06. The number of carbonyl (C=O) groups excluding carboxylic acids is 1. The number of rotatable bonds is 5. The summed E-state index contributed by atoms with van der Waals surface area (Å²) in [7, 11) is 0. The van der Waals surface area contributed by atoms with E-state index >= 15 is 0 Å². The Morgan fingerprint density at radius 2 is 2.11 bits per heavy atom. The highest BCUT2D eigenvalue weighted by Crippen LogP contribution is 2.32. The second kappa shape index (κ2) is 6.37. The molecule has 4 N–H and O–H groups in total. The van der Waals surface area contributed by atoms with Crippen molar-refractivity contribution in [1.82, 2.24) is 5.32 Å². The Bertz CT molecular complexity index is 344. The van der Waals surface area contributed by atoms with Crippen LogP contribution in [0.5, 0.6) is 0 Å². The first kappa shape index (κ1) is 16.0. The van der Waals surface area contributed by atoms with Gasteiger partial charge in [-0.05, 0) is 24.7 Å². The van der Waals surface area contributed by atoms with Gasteiger partial charge in [-0.1, -0.05) is 33.6 Å². The summed E-state index contributed by atoms with van der Waals surface area (Å²) in [6.45, 7) is 5.93. The molecule has 0 aromatic heterocycles. The molecule has 0 bridgehead atoms. The lowest BCUT2D eigenvalue weighted by molar-refractivity contribution is -0.150. The molecule has 1 rings (SSSR count). The summed E-state index contributed by atoms with van der Waals surface area (Å²) in [5, 5.41) is 12.2. The topological polar surface area (TPSA) is 92.4 Å². The number of carboxylic acid groups (broad SMARTS) is 1. The van der Waals surface area contributed by atoms with Gasteiger partial charge in [0.2, 0.25) is 5.91 Å². The summed E-state index contributed by atoms with van der Waals surface area (Å²) >= 11 is 0. The Labute approximate surface area is 114 Å². The highest BCUT2D eigenvalue weighted by Gasteiger charge is 2.43. The average molecular weight is 270 g/mol. The van der Waals surface area contributed by atoms with E-state index in [9.17, 15) is 14.7 Å². The summed E-state index contributed by atoms with van der Waals surface area (Å²) in [5.41, 5.74) is 4.77. The molecule has 1 aliphatic carbocycles. The van der Waals surface area contributed by atoms with Gasteiger partial charge >= 0.3 is 5.97 Å². The van der Waals surface area contributed by atoms with E-state index in [1.54, 1.807) is 0 Å². The first-order valence-corrected chi connectivity index (χ1v) is 7.07. The lowest BCUT2D eigenvalue weighted by Gasteiger charge is -2.37. The van der Waals surface area contributed by atoms with Gasteiger partial charge in [-0.3, -0.25) is 4.79 Å². The third-order valence-corrected chi connectivity index (χ3v) is 4.06. The largest absolute Gasteiger partial charge is 0.480 e. The minimum atomic E-state index is -1.09. The lowest BCUT2D eigenvalue weighted by Crippen LogP contribution is -2.57. The molecule has 0 spiro atoms. The Hall–Kier alpha value is -1.10. The smallest absolute Gasteiger partial charge is 0.329 e. The number of carboxylic acids is 1. The Kier molecular flexibility index (Phi) is 5.35. The van der Waals surface area contributed by atoms with Crippen LogP contribution >= 0.6 is 0 Å². The SMILES string of the molecule is CC1CCCC(NC(=O)CC(N)C(C)C)(C(=O)O)C1. The molecule has 1 amide bonds. The number of nitrogens with two attached hydrogens (primary N) is 1. The highest BCUT2D eigenvalue weighted by molar-refractivity contribution is 5.87. The van der Waals surface area contributed by atoms with Crippen LogP contribution in [0.25, 0.3) is 0 Å². The average Bonchev–Trinajstić information content (AvgIpc) is 2.28. The summed E-state index contributed by atoms with van der Waals surface area (Å²) in [6.07, 6.45) is 3.06. The predicted octanol–water partition coefficient (Wildman–Crippen LogP) is 1.51. The van der Waals surface area contributed by atoms with Gasteiger partial charge < -0.3 is 16.2 Å². The van der Waals surface area contributed by atoms with Gasteiger partial charge in [-0.15, -0.1) is 0 Å². The molecule has 5 nitrogen and oxygen atoms in total. The molecule has 3 atom stereocenters. The predicted molar refractivity (Wildman–Crippen MR) is 73.6 cm³/mol. The Morgan fingerprint density at radius 3 is 2.58 bits per heavy atom. The van der Waals surface area contributed by atoms with Crippen molar-refractivity contribution < 1.29 is 14.7 Å². The van der Waals surface area contributed by atoms with Crippen LogP contribution in [0.4, 0.5) is 0 Å². The molecule has 1 aliphatic rings. The number of carbonyl (C=O) groups is 2. The van der Waals surface area contributed by atoms with E-state index in [1.807, 2.05) is 20.8 Å². The molecule has 5 heteroatoms. The van der Waals surface area contributed by atoms with Crippen LogP contribution in [0, 0.1) is 11.8 Å². The van der Waals surface area contributed by atoms with Crippen molar-refractivity contribution in [3.63, 3.8) is 0 Å². The summed E-state index contributed by atoms with van der Waals surface area (Å²) in [5.74, 6) is -0.649. The Balaban J connectivity index is 2.68. The van der Waals surface area contributed by atoms with Crippen LogP contribution in [0.2, 0.25) is 0 Å². The second-order valence-corrected chi connectivity index (χ2v) is 6.25. The van der Waals surface area contributed by atoms with Crippen molar-refractivity contribution in [2.75, 3.05) is 0 Å². The van der Waals surface area contributed by atoms with Gasteiger partial charge in [0.25, 0.3) is 0 Å². The van der Waals surface area contributed by atoms with E-state index in [2.05, 4.69) is 5.32 Å². The fourth-order valence-electron chi connectivity index (χ4n) is 2.68. The van der Waals surface area contributed by atoms with E-state index in [4.69, 9.17) is 5.73 Å². The normalized spacial score (nSPS) is 29.0. The van der Waals surface area contributed by atoms with E-state index in [1.165, 1.54) is 0 Å². The fraction of sp³-hybridized carbons (Fsp3) is 0.857. The van der Waals surface area contributed by atoms with E-state index in [-0.39, 0.29) is 24.3 Å². The van der Waals surface area contributed by atoms with Gasteiger partial charge in [0.05, 0.1) is 0 Å². The number of aliphatic carboxylic acids is 1. The van der Waals surface area contributed by atoms with E-state index in [0.717, 1.165) is 12.8 Å². The van der Waals surface area contributed by atoms with Crippen LogP contribution in [0.3, 0.4) is 0 Å². The molecule has 3 unspecified atom stereocenters. The van der Waals surface area contributed by atoms with Crippen molar-refractivity contribution in [2.24, 2.45) is 17.6 Å². The van der Waals surface area contributed by atoms with E-state index < -0.39 is 11.5 Å². The molecule has 110 valence electrons. The minimum absolute atomic E-state index is 0.182. The highest BCUT2D eigenvalue weighted by atomic mass is 16.4. The number of hydrogen-bond donors (Lipinski definition) is 3. The molecule has 0 aromatic rings. The molecule has 0 heterocycles. The maximum atomic E-state index is 12.0. The molecule has 1 saturated carbocycles. The maximum Gasteiger partial charge on any atom is 0.329 e. The molecule has 1 fully saturated rings. The first-order chi connectivity index (χ1) is 8.77. The lowest BCUT2D eigenvalue weighted by atomic mass is 9.76.